The van der Waals surface area contributed by atoms with Gasteiger partial charge in [0.15, 0.2) is 0 Å². The number of hydrogen-bond donors (Lipinski definition) is 2. The van der Waals surface area contributed by atoms with Gasteiger partial charge in [0.2, 0.25) is 5.91 Å². The lowest BCUT2D eigenvalue weighted by Gasteiger charge is -2.17. The maximum absolute atomic E-state index is 11.7. The number of phenols is 1. The number of phenolic OH excluding ortho intramolecular Hbond substituents is 1. The second-order valence-corrected chi connectivity index (χ2v) is 4.24. The van der Waals surface area contributed by atoms with Crippen LogP contribution in [0.15, 0.2) is 18.2 Å². The molecule has 17 heavy (non-hydrogen) atoms. The lowest BCUT2D eigenvalue weighted by molar-refractivity contribution is -0.141. The van der Waals surface area contributed by atoms with Crippen molar-refractivity contribution in [2.45, 2.75) is 13.3 Å². The monoisotopic (exact) mass is 235 g/mol. The van der Waals surface area contributed by atoms with E-state index in [1.807, 2.05) is 6.92 Å². The molecule has 1 aliphatic heterocycles. The number of rotatable bonds is 2. The molecule has 1 aliphatic rings. The molecule has 1 aromatic rings. The van der Waals surface area contributed by atoms with E-state index in [1.54, 1.807) is 18.2 Å². The molecule has 5 nitrogen and oxygen atoms in total. The number of aliphatic carboxylic acids is 1. The van der Waals surface area contributed by atoms with Gasteiger partial charge in [-0.3, -0.25) is 9.59 Å². The number of hydrogen-bond acceptors (Lipinski definition) is 3. The zero-order chi connectivity index (χ0) is 12.6. The van der Waals surface area contributed by atoms with E-state index >= 15 is 0 Å². The first kappa shape index (κ1) is 11.4. The Morgan fingerprint density at radius 2 is 2.18 bits per heavy atom. The molecule has 2 rings (SSSR count). The van der Waals surface area contributed by atoms with Crippen LogP contribution in [0.5, 0.6) is 5.75 Å². The minimum Gasteiger partial charge on any atom is -0.506 e. The summed E-state index contributed by atoms with van der Waals surface area (Å²) < 4.78 is 0. The number of carboxylic acid groups (broad SMARTS) is 1. The highest BCUT2D eigenvalue weighted by Crippen LogP contribution is 2.32. The number of anilines is 1. The number of aryl methyl sites for hydroxylation is 1. The van der Waals surface area contributed by atoms with E-state index in [0.717, 1.165) is 5.56 Å². The Labute approximate surface area is 98.3 Å². The molecule has 0 saturated carbocycles. The largest absolute Gasteiger partial charge is 0.506 e. The zero-order valence-corrected chi connectivity index (χ0v) is 9.38. The van der Waals surface area contributed by atoms with Gasteiger partial charge in [-0.05, 0) is 24.6 Å². The average molecular weight is 235 g/mol. The van der Waals surface area contributed by atoms with Crippen molar-refractivity contribution in [3.05, 3.63) is 23.8 Å². The van der Waals surface area contributed by atoms with E-state index < -0.39 is 11.9 Å². The van der Waals surface area contributed by atoms with Crippen molar-refractivity contribution in [1.82, 2.24) is 0 Å². The van der Waals surface area contributed by atoms with Gasteiger partial charge in [-0.2, -0.15) is 0 Å². The Morgan fingerprint density at radius 3 is 2.71 bits per heavy atom. The van der Waals surface area contributed by atoms with E-state index in [4.69, 9.17) is 5.11 Å². The van der Waals surface area contributed by atoms with Crippen molar-refractivity contribution in [1.29, 1.82) is 0 Å². The lowest BCUT2D eigenvalue weighted by Crippen LogP contribution is -2.25. The Morgan fingerprint density at radius 1 is 1.47 bits per heavy atom. The van der Waals surface area contributed by atoms with Crippen molar-refractivity contribution in [2.24, 2.45) is 5.92 Å². The Bertz CT molecular complexity index is 483. The highest BCUT2D eigenvalue weighted by atomic mass is 16.4. The van der Waals surface area contributed by atoms with Crippen LogP contribution in [0.1, 0.15) is 12.0 Å². The molecular weight excluding hydrogens is 222 g/mol. The summed E-state index contributed by atoms with van der Waals surface area (Å²) in [6, 6.07) is 4.96. The third-order valence-electron chi connectivity index (χ3n) is 2.90. The van der Waals surface area contributed by atoms with Gasteiger partial charge in [0.25, 0.3) is 0 Å². The maximum Gasteiger partial charge on any atom is 0.308 e. The first-order chi connectivity index (χ1) is 7.99. The third kappa shape index (κ3) is 2.08. The van der Waals surface area contributed by atoms with Gasteiger partial charge >= 0.3 is 5.97 Å². The Balaban J connectivity index is 2.29. The van der Waals surface area contributed by atoms with E-state index in [9.17, 15) is 14.7 Å². The van der Waals surface area contributed by atoms with Crippen LogP contribution in [0.25, 0.3) is 0 Å². The molecule has 1 fully saturated rings. The predicted molar refractivity (Wildman–Crippen MR) is 60.9 cm³/mol. The molecule has 0 radical (unpaired) electrons. The van der Waals surface area contributed by atoms with Crippen LogP contribution in [-0.4, -0.2) is 28.6 Å². The second kappa shape index (κ2) is 4.08. The summed E-state index contributed by atoms with van der Waals surface area (Å²) in [6.07, 6.45) is -0.0113. The van der Waals surface area contributed by atoms with Gasteiger partial charge in [0.05, 0.1) is 11.6 Å². The number of amides is 1. The number of carbonyl (C=O) groups excluding carboxylic acids is 1. The normalized spacial score (nSPS) is 19.7. The molecule has 5 heteroatoms. The molecule has 0 bridgehead atoms. The molecule has 0 aromatic heterocycles. The number of aromatic hydroxyl groups is 1. The summed E-state index contributed by atoms with van der Waals surface area (Å²) in [7, 11) is 0. The average Bonchev–Trinajstić information content (AvgIpc) is 2.61. The van der Waals surface area contributed by atoms with Gasteiger partial charge in [0.1, 0.15) is 5.75 Å². The van der Waals surface area contributed by atoms with Crippen molar-refractivity contribution < 1.29 is 19.8 Å². The maximum atomic E-state index is 11.7. The SMILES string of the molecule is Cc1ccc(N2CC(C(=O)O)CC2=O)c(O)c1. The molecule has 1 unspecified atom stereocenters. The molecule has 1 aromatic carbocycles. The van der Waals surface area contributed by atoms with Crippen LogP contribution in [-0.2, 0) is 9.59 Å². The number of benzene rings is 1. The summed E-state index contributed by atoms with van der Waals surface area (Å²) in [5.74, 6) is -1.93. The van der Waals surface area contributed by atoms with Crippen molar-refractivity contribution in [3.8, 4) is 5.75 Å². The van der Waals surface area contributed by atoms with Crippen LogP contribution in [0.3, 0.4) is 0 Å². The van der Waals surface area contributed by atoms with Crippen molar-refractivity contribution in [2.75, 3.05) is 11.4 Å². The molecule has 1 heterocycles. The molecule has 1 amide bonds. The molecule has 2 N–H and O–H groups in total. The third-order valence-corrected chi connectivity index (χ3v) is 2.90. The highest BCUT2D eigenvalue weighted by Gasteiger charge is 2.35. The van der Waals surface area contributed by atoms with Gasteiger partial charge in [-0.15, -0.1) is 0 Å². The van der Waals surface area contributed by atoms with E-state index in [1.165, 1.54) is 4.90 Å². The van der Waals surface area contributed by atoms with Gasteiger partial charge in [-0.25, -0.2) is 0 Å². The lowest BCUT2D eigenvalue weighted by atomic mass is 10.1. The van der Waals surface area contributed by atoms with Crippen LogP contribution in [0.4, 0.5) is 5.69 Å². The van der Waals surface area contributed by atoms with Gasteiger partial charge in [0, 0.05) is 13.0 Å². The predicted octanol–water partition coefficient (Wildman–Crippen LogP) is 1.14. The minimum absolute atomic E-state index is 0.00406. The molecular formula is C12H13NO4. The van der Waals surface area contributed by atoms with E-state index in [2.05, 4.69) is 0 Å². The smallest absolute Gasteiger partial charge is 0.308 e. The number of carboxylic acids is 1. The summed E-state index contributed by atoms with van der Waals surface area (Å²) in [5, 5.41) is 18.6. The number of nitrogens with zero attached hydrogens (tertiary/aromatic N) is 1. The first-order valence-electron chi connectivity index (χ1n) is 5.32. The summed E-state index contributed by atoms with van der Waals surface area (Å²) in [6.45, 7) is 1.94. The van der Waals surface area contributed by atoms with Crippen LogP contribution in [0, 0.1) is 12.8 Å². The first-order valence-corrected chi connectivity index (χ1v) is 5.32. The topological polar surface area (TPSA) is 77.8 Å². The zero-order valence-electron chi connectivity index (χ0n) is 9.38. The molecule has 1 saturated heterocycles. The number of carbonyl (C=O) groups is 2. The molecule has 90 valence electrons. The summed E-state index contributed by atoms with van der Waals surface area (Å²) in [5.41, 5.74) is 1.26. The minimum atomic E-state index is -0.979. The Kier molecular flexibility index (Phi) is 2.75. The second-order valence-electron chi connectivity index (χ2n) is 4.24. The standard InChI is InChI=1S/C12H13NO4/c1-7-2-3-9(10(14)4-7)13-6-8(12(16)17)5-11(13)15/h2-4,8,14H,5-6H2,1H3,(H,16,17). The van der Waals surface area contributed by atoms with Crippen LogP contribution >= 0.6 is 0 Å². The fourth-order valence-electron chi connectivity index (χ4n) is 1.97. The fraction of sp³-hybridized carbons (Fsp3) is 0.333. The van der Waals surface area contributed by atoms with Crippen LogP contribution in [0.2, 0.25) is 0 Å². The summed E-state index contributed by atoms with van der Waals surface area (Å²) >= 11 is 0. The van der Waals surface area contributed by atoms with Gasteiger partial charge in [-0.1, -0.05) is 6.07 Å². The van der Waals surface area contributed by atoms with Crippen molar-refractivity contribution >= 4 is 17.6 Å². The van der Waals surface area contributed by atoms with E-state index in [0.29, 0.717) is 5.69 Å². The Hall–Kier alpha value is -2.04. The quantitative estimate of drug-likeness (QED) is 0.805. The molecule has 1 atom stereocenters. The fourth-order valence-corrected chi connectivity index (χ4v) is 1.97. The summed E-state index contributed by atoms with van der Waals surface area (Å²) in [4.78, 5) is 23.8. The highest BCUT2D eigenvalue weighted by molar-refractivity contribution is 6.00. The van der Waals surface area contributed by atoms with Crippen molar-refractivity contribution in [3.63, 3.8) is 0 Å². The van der Waals surface area contributed by atoms with E-state index in [-0.39, 0.29) is 24.6 Å². The molecule has 0 aliphatic carbocycles. The van der Waals surface area contributed by atoms with Crippen LogP contribution < -0.4 is 4.90 Å². The molecule has 0 spiro atoms. The van der Waals surface area contributed by atoms with Gasteiger partial charge < -0.3 is 15.1 Å².